The highest BCUT2D eigenvalue weighted by molar-refractivity contribution is 5.98. The molecule has 7 heteroatoms. The molecule has 26 heavy (non-hydrogen) atoms. The Kier molecular flexibility index (Phi) is 6.84. The predicted octanol–water partition coefficient (Wildman–Crippen LogP) is 3.74. The van der Waals surface area contributed by atoms with E-state index >= 15 is 0 Å². The summed E-state index contributed by atoms with van der Waals surface area (Å²) in [5.41, 5.74) is 0.626. The van der Waals surface area contributed by atoms with Crippen LogP contribution >= 0.6 is 0 Å². The van der Waals surface area contributed by atoms with Gasteiger partial charge in [-0.05, 0) is 12.1 Å². The van der Waals surface area contributed by atoms with Crippen LogP contribution in [0.4, 0.5) is 8.78 Å². The van der Waals surface area contributed by atoms with E-state index in [1.54, 1.807) is 36.4 Å². The molecule has 0 amide bonds. The molecule has 0 saturated heterocycles. The molecule has 0 unspecified atom stereocenters. The van der Waals surface area contributed by atoms with Gasteiger partial charge in [-0.1, -0.05) is 42.5 Å². The first-order valence-corrected chi connectivity index (χ1v) is 7.56. The number of methoxy groups -OCH3 is 1. The highest BCUT2D eigenvalue weighted by Crippen LogP contribution is 2.33. The Hall–Kier alpha value is -3.22. The van der Waals surface area contributed by atoms with Crippen LogP contribution in [-0.4, -0.2) is 32.1 Å². The zero-order chi connectivity index (χ0) is 18.9. The molecule has 0 saturated carbocycles. The van der Waals surface area contributed by atoms with Crippen LogP contribution in [0.25, 0.3) is 6.08 Å². The van der Waals surface area contributed by atoms with E-state index in [1.165, 1.54) is 25.3 Å². The molecule has 0 aliphatic carbocycles. The van der Waals surface area contributed by atoms with E-state index in [9.17, 15) is 18.4 Å². The Balaban J connectivity index is 2.02. The number of carbonyl (C=O) groups is 2. The van der Waals surface area contributed by atoms with Crippen molar-refractivity contribution in [2.45, 2.75) is 6.61 Å². The molecule has 2 aromatic rings. The summed E-state index contributed by atoms with van der Waals surface area (Å²) < 4.78 is 39.4. The number of ketones is 1. The molecule has 2 aromatic carbocycles. The van der Waals surface area contributed by atoms with Crippen LogP contribution < -0.4 is 9.47 Å². The van der Waals surface area contributed by atoms with E-state index in [1.807, 2.05) is 0 Å². The number of halogens is 2. The van der Waals surface area contributed by atoms with Gasteiger partial charge in [0.25, 0.3) is 0 Å². The second-order valence-electron chi connectivity index (χ2n) is 4.99. The highest BCUT2D eigenvalue weighted by Gasteiger charge is 2.14. The summed E-state index contributed by atoms with van der Waals surface area (Å²) in [6, 6.07) is 12.8. The number of para-hydroxylation sites is 1. The van der Waals surface area contributed by atoms with Gasteiger partial charge in [-0.15, -0.1) is 0 Å². The Labute approximate surface area is 148 Å². The van der Waals surface area contributed by atoms with Gasteiger partial charge in [0.05, 0.1) is 7.11 Å². The van der Waals surface area contributed by atoms with Gasteiger partial charge in [0.1, 0.15) is 0 Å². The van der Waals surface area contributed by atoms with Crippen LogP contribution in [0.15, 0.2) is 54.6 Å². The second kappa shape index (κ2) is 9.31. The van der Waals surface area contributed by atoms with E-state index in [-0.39, 0.29) is 22.8 Å². The van der Waals surface area contributed by atoms with E-state index in [4.69, 9.17) is 9.47 Å². The van der Waals surface area contributed by atoms with Gasteiger partial charge >= 0.3 is 12.6 Å². The number of carbonyl (C=O) groups excluding carboxylic acids is 2. The maximum absolute atomic E-state index is 12.6. The second-order valence-corrected chi connectivity index (χ2v) is 4.99. The van der Waals surface area contributed by atoms with Crippen LogP contribution in [0.5, 0.6) is 11.5 Å². The van der Waals surface area contributed by atoms with E-state index < -0.39 is 19.2 Å². The van der Waals surface area contributed by atoms with Crippen molar-refractivity contribution in [3.05, 3.63) is 65.7 Å². The lowest BCUT2D eigenvalue weighted by atomic mass is 10.1. The minimum atomic E-state index is -3.05. The molecule has 0 aliphatic rings. The van der Waals surface area contributed by atoms with Gasteiger partial charge in [0.15, 0.2) is 23.9 Å². The summed E-state index contributed by atoms with van der Waals surface area (Å²) in [4.78, 5) is 23.6. The standard InChI is InChI=1S/C19H16F2O5/c1-24-16-9-5-8-14(18(16)26-19(20)21)10-11-17(23)25-12-15(22)13-6-3-2-4-7-13/h2-11,19H,12H2,1H3/b11-10+. The van der Waals surface area contributed by atoms with Gasteiger partial charge in [0.2, 0.25) is 0 Å². The van der Waals surface area contributed by atoms with E-state index in [0.717, 1.165) is 6.08 Å². The van der Waals surface area contributed by atoms with Gasteiger partial charge in [-0.2, -0.15) is 8.78 Å². The summed E-state index contributed by atoms with van der Waals surface area (Å²) in [7, 11) is 1.31. The number of ether oxygens (including phenoxy) is 3. The first-order valence-electron chi connectivity index (χ1n) is 7.56. The van der Waals surface area contributed by atoms with Crippen molar-refractivity contribution in [1.29, 1.82) is 0 Å². The lowest BCUT2D eigenvalue weighted by Gasteiger charge is -2.12. The molecule has 0 heterocycles. The summed E-state index contributed by atoms with van der Waals surface area (Å²) in [5, 5.41) is 0. The normalized spacial score (nSPS) is 10.8. The fourth-order valence-electron chi connectivity index (χ4n) is 2.09. The lowest BCUT2D eigenvalue weighted by Crippen LogP contribution is -2.12. The lowest BCUT2D eigenvalue weighted by molar-refractivity contribution is -0.136. The molecule has 0 N–H and O–H groups in total. The molecular formula is C19H16F2O5. The third-order valence-corrected chi connectivity index (χ3v) is 3.28. The predicted molar refractivity (Wildman–Crippen MR) is 90.4 cm³/mol. The first kappa shape index (κ1) is 19.1. The fourth-order valence-corrected chi connectivity index (χ4v) is 2.09. The summed E-state index contributed by atoms with van der Waals surface area (Å²) in [5.74, 6) is -1.25. The van der Waals surface area contributed by atoms with Gasteiger partial charge in [-0.3, -0.25) is 4.79 Å². The molecule has 5 nitrogen and oxygen atoms in total. The molecule has 0 fully saturated rings. The van der Waals surface area contributed by atoms with Crippen molar-refractivity contribution in [3.63, 3.8) is 0 Å². The third kappa shape index (κ3) is 5.41. The van der Waals surface area contributed by atoms with Gasteiger partial charge in [0, 0.05) is 17.2 Å². The van der Waals surface area contributed by atoms with Crippen LogP contribution in [0.2, 0.25) is 0 Å². The average molecular weight is 362 g/mol. The first-order chi connectivity index (χ1) is 12.5. The molecule has 0 bridgehead atoms. The topological polar surface area (TPSA) is 61.8 Å². The summed E-state index contributed by atoms with van der Waals surface area (Å²) in [6.45, 7) is -3.47. The molecule has 136 valence electrons. The molecular weight excluding hydrogens is 346 g/mol. The third-order valence-electron chi connectivity index (χ3n) is 3.28. The zero-order valence-electron chi connectivity index (χ0n) is 13.9. The Morgan fingerprint density at radius 3 is 2.46 bits per heavy atom. The Morgan fingerprint density at radius 2 is 1.81 bits per heavy atom. The van der Waals surface area contributed by atoms with E-state index in [0.29, 0.717) is 5.56 Å². The van der Waals surface area contributed by atoms with Crippen molar-refractivity contribution in [1.82, 2.24) is 0 Å². The number of alkyl halides is 2. The quantitative estimate of drug-likeness (QED) is 0.407. The molecule has 0 atom stereocenters. The number of esters is 1. The monoisotopic (exact) mass is 362 g/mol. The Bertz CT molecular complexity index is 788. The van der Waals surface area contributed by atoms with E-state index in [2.05, 4.69) is 4.74 Å². The van der Waals surface area contributed by atoms with Crippen LogP contribution in [-0.2, 0) is 9.53 Å². The molecule has 0 aliphatic heterocycles. The molecule has 2 rings (SSSR count). The van der Waals surface area contributed by atoms with Crippen LogP contribution in [0, 0.1) is 0 Å². The van der Waals surface area contributed by atoms with Crippen molar-refractivity contribution >= 4 is 17.8 Å². The summed E-state index contributed by atoms with van der Waals surface area (Å²) >= 11 is 0. The van der Waals surface area contributed by atoms with Gasteiger partial charge in [-0.25, -0.2) is 4.79 Å². The number of rotatable bonds is 8. The zero-order valence-corrected chi connectivity index (χ0v) is 13.9. The number of hydrogen-bond acceptors (Lipinski definition) is 5. The maximum Gasteiger partial charge on any atom is 0.387 e. The number of hydrogen-bond donors (Lipinski definition) is 0. The van der Waals surface area contributed by atoms with Crippen molar-refractivity contribution in [2.24, 2.45) is 0 Å². The number of Topliss-reactive ketones (excluding diaryl/α,β-unsaturated/α-hetero) is 1. The molecule has 0 aromatic heterocycles. The van der Waals surface area contributed by atoms with Crippen LogP contribution in [0.3, 0.4) is 0 Å². The summed E-state index contributed by atoms with van der Waals surface area (Å²) in [6.07, 6.45) is 2.26. The van der Waals surface area contributed by atoms with Crippen LogP contribution in [0.1, 0.15) is 15.9 Å². The Morgan fingerprint density at radius 1 is 1.08 bits per heavy atom. The fraction of sp³-hybridized carbons (Fsp3) is 0.158. The van der Waals surface area contributed by atoms with Crippen molar-refractivity contribution in [3.8, 4) is 11.5 Å². The SMILES string of the molecule is COc1cccc(/C=C/C(=O)OCC(=O)c2ccccc2)c1OC(F)F. The highest BCUT2D eigenvalue weighted by atomic mass is 19.3. The average Bonchev–Trinajstić information content (AvgIpc) is 2.65. The number of benzene rings is 2. The smallest absolute Gasteiger partial charge is 0.387 e. The maximum atomic E-state index is 12.6. The molecule has 0 radical (unpaired) electrons. The van der Waals surface area contributed by atoms with Crippen molar-refractivity contribution in [2.75, 3.05) is 13.7 Å². The minimum absolute atomic E-state index is 0.0973. The minimum Gasteiger partial charge on any atom is -0.493 e. The van der Waals surface area contributed by atoms with Crippen molar-refractivity contribution < 1.29 is 32.6 Å². The largest absolute Gasteiger partial charge is 0.493 e. The molecule has 0 spiro atoms. The van der Waals surface area contributed by atoms with Gasteiger partial charge < -0.3 is 14.2 Å².